The van der Waals surface area contributed by atoms with Gasteiger partial charge < -0.3 is 10.4 Å². The molecule has 1 amide bonds. The van der Waals surface area contributed by atoms with Crippen LogP contribution in [0.1, 0.15) is 30.9 Å². The number of amides is 1. The largest absolute Gasteiger partial charge is 0.481 e. The Kier molecular flexibility index (Phi) is 5.36. The molecular formula is C14H19NO3. The Morgan fingerprint density at radius 2 is 1.89 bits per heavy atom. The van der Waals surface area contributed by atoms with Gasteiger partial charge in [-0.05, 0) is 25.8 Å². The predicted octanol–water partition coefficient (Wildman–Crippen LogP) is 1.91. The Hall–Kier alpha value is -1.84. The summed E-state index contributed by atoms with van der Waals surface area (Å²) in [5.41, 5.74) is 2.31. The molecule has 0 saturated carbocycles. The average Bonchev–Trinajstić information content (AvgIpc) is 2.27. The van der Waals surface area contributed by atoms with E-state index in [4.69, 9.17) is 5.11 Å². The van der Waals surface area contributed by atoms with E-state index >= 15 is 0 Å². The third-order valence-corrected chi connectivity index (χ3v) is 2.65. The fourth-order valence-corrected chi connectivity index (χ4v) is 1.67. The normalized spacial score (nSPS) is 11.9. The molecule has 0 aromatic heterocycles. The summed E-state index contributed by atoms with van der Waals surface area (Å²) in [5.74, 6) is -1.01. The third-order valence-electron chi connectivity index (χ3n) is 2.65. The van der Waals surface area contributed by atoms with Crippen molar-refractivity contribution >= 4 is 11.9 Å². The highest BCUT2D eigenvalue weighted by atomic mass is 16.4. The second-order valence-electron chi connectivity index (χ2n) is 4.55. The molecule has 0 spiro atoms. The zero-order valence-corrected chi connectivity index (χ0v) is 10.8. The molecule has 0 radical (unpaired) electrons. The van der Waals surface area contributed by atoms with Gasteiger partial charge in [0.2, 0.25) is 5.91 Å². The van der Waals surface area contributed by atoms with Gasteiger partial charge in [-0.1, -0.05) is 29.8 Å². The maximum absolute atomic E-state index is 11.6. The van der Waals surface area contributed by atoms with Gasteiger partial charge in [-0.15, -0.1) is 0 Å². The Bertz CT molecular complexity index is 412. The lowest BCUT2D eigenvalue weighted by molar-refractivity contribution is -0.137. The summed E-state index contributed by atoms with van der Waals surface area (Å²) >= 11 is 0. The maximum atomic E-state index is 11.6. The van der Waals surface area contributed by atoms with Crippen LogP contribution < -0.4 is 5.32 Å². The van der Waals surface area contributed by atoms with Crippen molar-refractivity contribution in [2.24, 2.45) is 0 Å². The van der Waals surface area contributed by atoms with Gasteiger partial charge in [-0.2, -0.15) is 0 Å². The van der Waals surface area contributed by atoms with Gasteiger partial charge in [-0.25, -0.2) is 0 Å². The van der Waals surface area contributed by atoms with Crippen molar-refractivity contribution in [3.05, 3.63) is 35.4 Å². The van der Waals surface area contributed by atoms with Crippen molar-refractivity contribution in [2.45, 2.75) is 39.2 Å². The molecule has 1 atom stereocenters. The summed E-state index contributed by atoms with van der Waals surface area (Å²) in [5, 5.41) is 11.3. The van der Waals surface area contributed by atoms with Gasteiger partial charge in [0, 0.05) is 12.5 Å². The van der Waals surface area contributed by atoms with Gasteiger partial charge in [0.15, 0.2) is 0 Å². The van der Waals surface area contributed by atoms with Gasteiger partial charge in [0.05, 0.1) is 6.42 Å². The first-order valence-electron chi connectivity index (χ1n) is 6.04. The van der Waals surface area contributed by atoms with E-state index in [0.29, 0.717) is 12.8 Å². The molecule has 1 aromatic carbocycles. The predicted molar refractivity (Wildman–Crippen MR) is 69.4 cm³/mol. The summed E-state index contributed by atoms with van der Waals surface area (Å²) < 4.78 is 0. The zero-order valence-electron chi connectivity index (χ0n) is 10.8. The summed E-state index contributed by atoms with van der Waals surface area (Å²) in [7, 11) is 0. The molecule has 4 heteroatoms. The fourth-order valence-electron chi connectivity index (χ4n) is 1.67. The lowest BCUT2D eigenvalue weighted by Gasteiger charge is -2.11. The van der Waals surface area contributed by atoms with Crippen molar-refractivity contribution < 1.29 is 14.7 Å². The van der Waals surface area contributed by atoms with Crippen LogP contribution in [0.15, 0.2) is 24.3 Å². The first kappa shape index (κ1) is 14.2. The molecule has 18 heavy (non-hydrogen) atoms. The zero-order chi connectivity index (χ0) is 13.5. The SMILES string of the molecule is Cc1ccc(CCC(=O)NC(C)CC(=O)O)cc1. The molecule has 0 aliphatic carbocycles. The number of carboxylic acids is 1. The van der Waals surface area contributed by atoms with Crippen molar-refractivity contribution in [1.29, 1.82) is 0 Å². The number of carboxylic acid groups (broad SMARTS) is 1. The van der Waals surface area contributed by atoms with Crippen LogP contribution in [0.4, 0.5) is 0 Å². The number of nitrogens with one attached hydrogen (secondary N) is 1. The number of hydrogen-bond donors (Lipinski definition) is 2. The molecule has 98 valence electrons. The second kappa shape index (κ2) is 6.79. The van der Waals surface area contributed by atoms with E-state index in [2.05, 4.69) is 5.32 Å². The number of aliphatic carboxylic acids is 1. The van der Waals surface area contributed by atoms with Crippen LogP contribution in [0.5, 0.6) is 0 Å². The Morgan fingerprint density at radius 3 is 2.44 bits per heavy atom. The molecule has 0 bridgehead atoms. The van der Waals surface area contributed by atoms with E-state index in [1.807, 2.05) is 31.2 Å². The van der Waals surface area contributed by atoms with Gasteiger partial charge >= 0.3 is 5.97 Å². The van der Waals surface area contributed by atoms with E-state index in [1.54, 1.807) is 6.92 Å². The monoisotopic (exact) mass is 249 g/mol. The van der Waals surface area contributed by atoms with Crippen LogP contribution in [-0.2, 0) is 16.0 Å². The molecule has 1 aromatic rings. The minimum absolute atomic E-state index is 0.0454. The van der Waals surface area contributed by atoms with Crippen LogP contribution in [-0.4, -0.2) is 23.0 Å². The lowest BCUT2D eigenvalue weighted by Crippen LogP contribution is -2.34. The van der Waals surface area contributed by atoms with Gasteiger partial charge in [0.1, 0.15) is 0 Å². The minimum atomic E-state index is -0.902. The second-order valence-corrected chi connectivity index (χ2v) is 4.55. The van der Waals surface area contributed by atoms with Crippen LogP contribution in [0.3, 0.4) is 0 Å². The van der Waals surface area contributed by atoms with E-state index in [-0.39, 0.29) is 18.4 Å². The molecule has 0 fully saturated rings. The van der Waals surface area contributed by atoms with E-state index in [9.17, 15) is 9.59 Å². The van der Waals surface area contributed by atoms with Crippen molar-refractivity contribution in [3.8, 4) is 0 Å². The fraction of sp³-hybridized carbons (Fsp3) is 0.429. The Balaban J connectivity index is 2.32. The highest BCUT2D eigenvalue weighted by Crippen LogP contribution is 2.06. The highest BCUT2D eigenvalue weighted by molar-refractivity contribution is 5.77. The van der Waals surface area contributed by atoms with E-state index < -0.39 is 5.97 Å². The number of benzene rings is 1. The molecule has 1 rings (SSSR count). The maximum Gasteiger partial charge on any atom is 0.305 e. The molecule has 0 heterocycles. The molecule has 1 unspecified atom stereocenters. The summed E-state index contributed by atoms with van der Waals surface area (Å²) in [4.78, 5) is 22.0. The quantitative estimate of drug-likeness (QED) is 0.809. The first-order valence-corrected chi connectivity index (χ1v) is 6.04. The minimum Gasteiger partial charge on any atom is -0.481 e. The van der Waals surface area contributed by atoms with E-state index in [0.717, 1.165) is 5.56 Å². The smallest absolute Gasteiger partial charge is 0.305 e. The topological polar surface area (TPSA) is 66.4 Å². The van der Waals surface area contributed by atoms with E-state index in [1.165, 1.54) is 5.56 Å². The number of carbonyl (C=O) groups excluding carboxylic acids is 1. The van der Waals surface area contributed by atoms with Crippen molar-refractivity contribution in [1.82, 2.24) is 5.32 Å². The molecule has 0 aliphatic heterocycles. The van der Waals surface area contributed by atoms with Crippen LogP contribution in [0.25, 0.3) is 0 Å². The third kappa shape index (κ3) is 5.48. The molecule has 4 nitrogen and oxygen atoms in total. The summed E-state index contributed by atoms with van der Waals surface area (Å²) in [6.07, 6.45) is 1.01. The van der Waals surface area contributed by atoms with Gasteiger partial charge in [0.25, 0.3) is 0 Å². The Morgan fingerprint density at radius 1 is 1.28 bits per heavy atom. The lowest BCUT2D eigenvalue weighted by atomic mass is 10.1. The average molecular weight is 249 g/mol. The number of hydrogen-bond acceptors (Lipinski definition) is 2. The standard InChI is InChI=1S/C14H19NO3/c1-10-3-5-12(6-4-10)7-8-13(16)15-11(2)9-14(17)18/h3-6,11H,7-9H2,1-2H3,(H,15,16)(H,17,18). The van der Waals surface area contributed by atoms with Gasteiger partial charge in [-0.3, -0.25) is 9.59 Å². The van der Waals surface area contributed by atoms with Crippen molar-refractivity contribution in [2.75, 3.05) is 0 Å². The molecule has 0 saturated heterocycles. The first-order chi connectivity index (χ1) is 8.47. The molecule has 0 aliphatic rings. The Labute approximate surface area is 107 Å². The number of carbonyl (C=O) groups is 2. The number of aryl methyl sites for hydroxylation is 2. The molecule has 2 N–H and O–H groups in total. The number of rotatable bonds is 6. The van der Waals surface area contributed by atoms with Crippen LogP contribution >= 0.6 is 0 Å². The highest BCUT2D eigenvalue weighted by Gasteiger charge is 2.10. The molecular weight excluding hydrogens is 230 g/mol. The van der Waals surface area contributed by atoms with Crippen LogP contribution in [0, 0.1) is 6.92 Å². The summed E-state index contributed by atoms with van der Waals surface area (Å²) in [6.45, 7) is 3.71. The summed E-state index contributed by atoms with van der Waals surface area (Å²) in [6, 6.07) is 7.71. The van der Waals surface area contributed by atoms with Crippen molar-refractivity contribution in [3.63, 3.8) is 0 Å². The van der Waals surface area contributed by atoms with Crippen LogP contribution in [0.2, 0.25) is 0 Å².